The Morgan fingerprint density at radius 1 is 1.20 bits per heavy atom. The smallest absolute Gasteiger partial charge is 0.151 e. The van der Waals surface area contributed by atoms with Crippen LogP contribution in [0.2, 0.25) is 0 Å². The van der Waals surface area contributed by atoms with Crippen LogP contribution in [0.15, 0.2) is 42.7 Å². The lowest BCUT2D eigenvalue weighted by atomic mass is 9.92. The summed E-state index contributed by atoms with van der Waals surface area (Å²) in [4.78, 5) is 13.7. The molecule has 2 aromatic carbocycles. The molecule has 0 aliphatic carbocycles. The van der Waals surface area contributed by atoms with Crippen molar-refractivity contribution in [3.8, 4) is 29.5 Å². The number of hydrogen-bond donors (Lipinski definition) is 0. The molecule has 0 N–H and O–H groups in total. The first-order valence-electron chi connectivity index (χ1n) is 9.84. The third-order valence-electron chi connectivity index (χ3n) is 5.72. The number of para-hydroxylation sites is 1. The lowest BCUT2D eigenvalue weighted by Crippen LogP contribution is -2.34. The van der Waals surface area contributed by atoms with Crippen molar-refractivity contribution in [1.82, 2.24) is 14.8 Å². The van der Waals surface area contributed by atoms with Crippen molar-refractivity contribution in [2.24, 2.45) is 7.05 Å². The fraction of sp³-hybridized carbons (Fsp3) is 0.250. The van der Waals surface area contributed by atoms with Gasteiger partial charge in [-0.1, -0.05) is 24.1 Å². The number of benzene rings is 2. The lowest BCUT2D eigenvalue weighted by molar-refractivity contribution is 0.112. The van der Waals surface area contributed by atoms with E-state index >= 15 is 0 Å². The average Bonchev–Trinajstić information content (AvgIpc) is 3.24. The second-order valence-electron chi connectivity index (χ2n) is 7.44. The van der Waals surface area contributed by atoms with Gasteiger partial charge in [0, 0.05) is 42.7 Å². The number of nitrogens with zero attached hydrogens (tertiary/aromatic N) is 5. The summed E-state index contributed by atoms with van der Waals surface area (Å²) in [5.74, 6) is 3.90. The maximum Gasteiger partial charge on any atom is 0.151 e. The standard InChI is InChI=1S/C24H21N5O/c1-3-17-7-8-19(13-21(17)15-30)22-6-4-5-20(14-25)23(22)29-11-9-18(10-12-29)24-27-26-16-28(24)2/h1,4-8,13,15-16,18H,9-12H2,2H3. The molecule has 148 valence electrons. The number of piperidine rings is 1. The molecule has 1 aliphatic heterocycles. The van der Waals surface area contributed by atoms with Gasteiger partial charge in [-0.3, -0.25) is 4.79 Å². The first-order chi connectivity index (χ1) is 14.7. The molecule has 1 aliphatic rings. The molecule has 4 rings (SSSR count). The van der Waals surface area contributed by atoms with Gasteiger partial charge in [-0.25, -0.2) is 0 Å². The van der Waals surface area contributed by atoms with Crippen molar-refractivity contribution in [2.45, 2.75) is 18.8 Å². The molecular formula is C24H21N5O. The summed E-state index contributed by atoms with van der Waals surface area (Å²) in [7, 11) is 1.97. The molecule has 3 aromatic rings. The number of terminal acetylenes is 1. The number of aromatic nitrogens is 3. The van der Waals surface area contributed by atoms with Gasteiger partial charge in [-0.05, 0) is 36.6 Å². The second kappa shape index (κ2) is 8.23. The fourth-order valence-corrected chi connectivity index (χ4v) is 4.19. The van der Waals surface area contributed by atoms with E-state index in [2.05, 4.69) is 27.1 Å². The normalized spacial score (nSPS) is 14.2. The molecule has 30 heavy (non-hydrogen) atoms. The molecule has 0 unspecified atom stereocenters. The van der Waals surface area contributed by atoms with Crippen molar-refractivity contribution >= 4 is 12.0 Å². The van der Waals surface area contributed by atoms with Crippen molar-refractivity contribution in [1.29, 1.82) is 5.26 Å². The number of carbonyl (C=O) groups is 1. The number of rotatable bonds is 4. The van der Waals surface area contributed by atoms with E-state index in [1.807, 2.05) is 35.9 Å². The van der Waals surface area contributed by atoms with Crippen LogP contribution in [0.5, 0.6) is 0 Å². The summed E-state index contributed by atoms with van der Waals surface area (Å²) >= 11 is 0. The van der Waals surface area contributed by atoms with Crippen LogP contribution in [0, 0.1) is 23.7 Å². The summed E-state index contributed by atoms with van der Waals surface area (Å²) in [5, 5.41) is 18.0. The van der Waals surface area contributed by atoms with Crippen molar-refractivity contribution < 1.29 is 4.79 Å². The van der Waals surface area contributed by atoms with Crippen LogP contribution in [-0.4, -0.2) is 34.1 Å². The van der Waals surface area contributed by atoms with E-state index < -0.39 is 0 Å². The second-order valence-corrected chi connectivity index (χ2v) is 7.44. The van der Waals surface area contributed by atoms with Gasteiger partial charge in [-0.2, -0.15) is 5.26 Å². The Labute approximate surface area is 175 Å². The van der Waals surface area contributed by atoms with Crippen LogP contribution in [0.4, 0.5) is 5.69 Å². The largest absolute Gasteiger partial charge is 0.370 e. The Bertz CT molecular complexity index is 1170. The summed E-state index contributed by atoms with van der Waals surface area (Å²) in [6.07, 6.45) is 9.87. The Hall–Kier alpha value is -3.90. The minimum Gasteiger partial charge on any atom is -0.370 e. The van der Waals surface area contributed by atoms with E-state index in [0.717, 1.165) is 54.9 Å². The number of aryl methyl sites for hydroxylation is 1. The van der Waals surface area contributed by atoms with Gasteiger partial charge in [0.1, 0.15) is 18.2 Å². The van der Waals surface area contributed by atoms with E-state index in [4.69, 9.17) is 6.42 Å². The molecule has 0 saturated carbocycles. The van der Waals surface area contributed by atoms with Crippen molar-refractivity contribution in [2.75, 3.05) is 18.0 Å². The quantitative estimate of drug-likeness (QED) is 0.499. The third kappa shape index (κ3) is 3.44. The number of carbonyl (C=O) groups excluding carboxylic acids is 1. The topological polar surface area (TPSA) is 74.8 Å². The molecule has 0 atom stereocenters. The third-order valence-corrected chi connectivity index (χ3v) is 5.72. The van der Waals surface area contributed by atoms with Crippen LogP contribution < -0.4 is 4.90 Å². The van der Waals surface area contributed by atoms with Crippen molar-refractivity contribution in [3.63, 3.8) is 0 Å². The van der Waals surface area contributed by atoms with Crippen molar-refractivity contribution in [3.05, 3.63) is 65.2 Å². The molecule has 0 amide bonds. The number of hydrogen-bond acceptors (Lipinski definition) is 5. The van der Waals surface area contributed by atoms with Gasteiger partial charge >= 0.3 is 0 Å². The minimum absolute atomic E-state index is 0.350. The van der Waals surface area contributed by atoms with E-state index in [1.54, 1.807) is 18.5 Å². The maximum atomic E-state index is 11.5. The molecule has 0 bridgehead atoms. The first-order valence-corrected chi connectivity index (χ1v) is 9.84. The Balaban J connectivity index is 1.70. The van der Waals surface area contributed by atoms with Gasteiger partial charge in [0.05, 0.1) is 11.3 Å². The average molecular weight is 395 g/mol. The van der Waals surface area contributed by atoms with Gasteiger partial charge < -0.3 is 9.47 Å². The molecular weight excluding hydrogens is 374 g/mol. The summed E-state index contributed by atoms with van der Waals surface area (Å²) in [6, 6.07) is 13.5. The number of nitriles is 1. The summed E-state index contributed by atoms with van der Waals surface area (Å²) in [6.45, 7) is 1.62. The number of aldehydes is 1. The Morgan fingerprint density at radius 3 is 2.63 bits per heavy atom. The Morgan fingerprint density at radius 2 is 2.00 bits per heavy atom. The zero-order valence-electron chi connectivity index (χ0n) is 16.7. The molecule has 6 nitrogen and oxygen atoms in total. The number of anilines is 1. The van der Waals surface area contributed by atoms with Gasteiger partial charge in [0.15, 0.2) is 6.29 Å². The SMILES string of the molecule is C#Cc1ccc(-c2cccc(C#N)c2N2CCC(c3nncn3C)CC2)cc1C=O. The summed E-state index contributed by atoms with van der Waals surface area (Å²) in [5.41, 5.74) is 4.37. The monoisotopic (exact) mass is 395 g/mol. The van der Waals surface area contributed by atoms with Crippen LogP contribution >= 0.6 is 0 Å². The predicted molar refractivity (Wildman–Crippen MR) is 115 cm³/mol. The van der Waals surface area contributed by atoms with E-state index in [0.29, 0.717) is 22.6 Å². The Kier molecular flexibility index (Phi) is 5.32. The highest BCUT2D eigenvalue weighted by molar-refractivity contribution is 5.88. The van der Waals surface area contributed by atoms with E-state index in [-0.39, 0.29) is 0 Å². The van der Waals surface area contributed by atoms with Crippen LogP contribution in [0.3, 0.4) is 0 Å². The lowest BCUT2D eigenvalue weighted by Gasteiger charge is -2.35. The highest BCUT2D eigenvalue weighted by Gasteiger charge is 2.26. The first kappa shape index (κ1) is 19.4. The van der Waals surface area contributed by atoms with Gasteiger partial charge in [-0.15, -0.1) is 16.6 Å². The highest BCUT2D eigenvalue weighted by Crippen LogP contribution is 2.38. The van der Waals surface area contributed by atoms with E-state index in [1.165, 1.54) is 0 Å². The molecule has 0 spiro atoms. The zero-order valence-corrected chi connectivity index (χ0v) is 16.7. The predicted octanol–water partition coefficient (Wildman–Crippen LogP) is 3.53. The van der Waals surface area contributed by atoms with Gasteiger partial charge in [0.2, 0.25) is 0 Å². The summed E-state index contributed by atoms with van der Waals surface area (Å²) < 4.78 is 1.98. The molecule has 1 saturated heterocycles. The molecule has 0 radical (unpaired) electrons. The molecule has 6 heteroatoms. The molecule has 2 heterocycles. The molecule has 1 aromatic heterocycles. The van der Waals surface area contributed by atoms with E-state index in [9.17, 15) is 10.1 Å². The highest BCUT2D eigenvalue weighted by atomic mass is 16.1. The van der Waals surface area contributed by atoms with Gasteiger partial charge in [0.25, 0.3) is 0 Å². The molecule has 1 fully saturated rings. The fourth-order valence-electron chi connectivity index (χ4n) is 4.19. The minimum atomic E-state index is 0.350. The van der Waals surface area contributed by atoms with Crippen LogP contribution in [0.1, 0.15) is 46.1 Å². The maximum absolute atomic E-state index is 11.5. The zero-order chi connectivity index (χ0) is 21.1. The van der Waals surface area contributed by atoms with Crippen LogP contribution in [0.25, 0.3) is 11.1 Å². The van der Waals surface area contributed by atoms with Crippen LogP contribution in [-0.2, 0) is 7.05 Å².